The van der Waals surface area contributed by atoms with Crippen molar-refractivity contribution in [1.82, 2.24) is 20.2 Å². The van der Waals surface area contributed by atoms with Crippen molar-refractivity contribution in [2.75, 3.05) is 19.8 Å². The van der Waals surface area contributed by atoms with Gasteiger partial charge in [0.05, 0.1) is 6.20 Å². The summed E-state index contributed by atoms with van der Waals surface area (Å²) in [6, 6.07) is 0. The fourth-order valence-corrected chi connectivity index (χ4v) is 1.83. The summed E-state index contributed by atoms with van der Waals surface area (Å²) in [6.07, 6.45) is 2.23. The number of rotatable bonds is 3. The molecule has 1 aromatic heterocycles. The van der Waals surface area contributed by atoms with Crippen LogP contribution in [0.15, 0.2) is 17.4 Å². The van der Waals surface area contributed by atoms with Crippen molar-refractivity contribution in [3.05, 3.63) is 23.8 Å². The number of hydrogen-bond acceptors (Lipinski definition) is 8. The summed E-state index contributed by atoms with van der Waals surface area (Å²) in [6.45, 7) is 0. The molecule has 1 aromatic rings. The van der Waals surface area contributed by atoms with Gasteiger partial charge < -0.3 is 27.4 Å². The molecule has 2 heterocycles. The second kappa shape index (κ2) is 5.77. The third kappa shape index (κ3) is 2.72. The Kier molecular flexibility index (Phi) is 4.04. The highest BCUT2D eigenvalue weighted by atomic mass is 16.2. The zero-order valence-corrected chi connectivity index (χ0v) is 12.1. The predicted octanol–water partition coefficient (Wildman–Crippen LogP) is -2.13. The summed E-state index contributed by atoms with van der Waals surface area (Å²) in [7, 11) is 3.16. The van der Waals surface area contributed by atoms with Gasteiger partial charge in [-0.3, -0.25) is 9.59 Å². The maximum Gasteiger partial charge on any atom is 0.271 e. The summed E-state index contributed by atoms with van der Waals surface area (Å²) in [5.74, 6) is -1.29. The van der Waals surface area contributed by atoms with Gasteiger partial charge >= 0.3 is 0 Å². The van der Waals surface area contributed by atoms with Crippen molar-refractivity contribution in [1.29, 1.82) is 0 Å². The average Bonchev–Trinajstić information content (AvgIpc) is 2.49. The van der Waals surface area contributed by atoms with Crippen LogP contribution >= 0.6 is 0 Å². The van der Waals surface area contributed by atoms with E-state index in [9.17, 15) is 9.59 Å². The van der Waals surface area contributed by atoms with E-state index >= 15 is 0 Å². The lowest BCUT2D eigenvalue weighted by Crippen LogP contribution is -2.50. The van der Waals surface area contributed by atoms with Crippen molar-refractivity contribution in [2.24, 2.45) is 16.5 Å². The van der Waals surface area contributed by atoms with Crippen LogP contribution < -0.4 is 22.5 Å². The van der Waals surface area contributed by atoms with E-state index in [1.165, 1.54) is 13.2 Å². The van der Waals surface area contributed by atoms with Crippen molar-refractivity contribution >= 4 is 29.0 Å². The van der Waals surface area contributed by atoms with E-state index < -0.39 is 18.0 Å². The van der Waals surface area contributed by atoms with E-state index in [-0.39, 0.29) is 22.9 Å². The van der Waals surface area contributed by atoms with E-state index in [4.69, 9.17) is 17.2 Å². The number of nitrogen functional groups attached to an aromatic ring is 1. The SMILES string of the molecule is CNC(=O)C1=NC(c2cnc(N)c(C(N)=O)n2)=CN(C)C1N. The van der Waals surface area contributed by atoms with Crippen molar-refractivity contribution in [3.8, 4) is 0 Å². The Morgan fingerprint density at radius 2 is 2.09 bits per heavy atom. The molecule has 0 radical (unpaired) electrons. The molecule has 10 nitrogen and oxygen atoms in total. The van der Waals surface area contributed by atoms with Crippen LogP contribution in [0.3, 0.4) is 0 Å². The van der Waals surface area contributed by atoms with E-state index in [1.807, 2.05) is 0 Å². The largest absolute Gasteiger partial charge is 0.382 e. The Bertz CT molecular complexity index is 696. The average molecular weight is 304 g/mol. The van der Waals surface area contributed by atoms with Crippen molar-refractivity contribution in [2.45, 2.75) is 6.17 Å². The molecule has 1 aliphatic heterocycles. The van der Waals surface area contributed by atoms with E-state index in [1.54, 1.807) is 18.1 Å². The number of aliphatic imine (C=N–C) groups is 1. The van der Waals surface area contributed by atoms with Crippen LogP contribution in [0.4, 0.5) is 5.82 Å². The number of carbonyl (C=O) groups is 2. The van der Waals surface area contributed by atoms with Crippen LogP contribution in [0.1, 0.15) is 16.2 Å². The van der Waals surface area contributed by atoms with Gasteiger partial charge in [0.15, 0.2) is 11.5 Å². The zero-order valence-electron chi connectivity index (χ0n) is 12.1. The molecule has 116 valence electrons. The standard InChI is InChI=1S/C12H16N8O2/c1-16-12(22)8-10(14)20(2)4-6(19-8)5-3-17-9(13)7(18-5)11(15)21/h3-4,10H,14H2,1-2H3,(H2,13,17)(H2,15,21)(H,16,22). The molecular weight excluding hydrogens is 288 g/mol. The van der Waals surface area contributed by atoms with E-state index in [2.05, 4.69) is 20.3 Å². The van der Waals surface area contributed by atoms with Crippen LogP contribution in [0.5, 0.6) is 0 Å². The molecule has 1 unspecified atom stereocenters. The molecule has 1 aliphatic rings. The van der Waals surface area contributed by atoms with Gasteiger partial charge in [0.25, 0.3) is 11.8 Å². The van der Waals surface area contributed by atoms with Crippen molar-refractivity contribution < 1.29 is 9.59 Å². The van der Waals surface area contributed by atoms with Crippen LogP contribution in [0.2, 0.25) is 0 Å². The van der Waals surface area contributed by atoms with E-state index in [0.717, 1.165) is 0 Å². The monoisotopic (exact) mass is 304 g/mol. The fraction of sp³-hybridized carbons (Fsp3) is 0.250. The lowest BCUT2D eigenvalue weighted by Gasteiger charge is -2.28. The number of amides is 2. The van der Waals surface area contributed by atoms with Crippen molar-refractivity contribution in [3.63, 3.8) is 0 Å². The first-order chi connectivity index (χ1) is 10.3. The third-order valence-corrected chi connectivity index (χ3v) is 3.04. The van der Waals surface area contributed by atoms with Gasteiger partial charge in [-0.05, 0) is 0 Å². The number of anilines is 1. The van der Waals surface area contributed by atoms with Gasteiger partial charge in [-0.25, -0.2) is 15.0 Å². The third-order valence-electron chi connectivity index (χ3n) is 3.04. The lowest BCUT2D eigenvalue weighted by molar-refractivity contribution is -0.114. The quantitative estimate of drug-likeness (QED) is 0.495. The highest BCUT2D eigenvalue weighted by Crippen LogP contribution is 2.20. The molecule has 0 saturated heterocycles. The van der Waals surface area contributed by atoms with Gasteiger partial charge in [-0.2, -0.15) is 0 Å². The number of nitrogens with two attached hydrogens (primary N) is 3. The molecule has 10 heteroatoms. The van der Waals surface area contributed by atoms with E-state index in [0.29, 0.717) is 5.70 Å². The summed E-state index contributed by atoms with van der Waals surface area (Å²) in [5, 5.41) is 2.46. The molecule has 22 heavy (non-hydrogen) atoms. The molecule has 0 fully saturated rings. The predicted molar refractivity (Wildman–Crippen MR) is 80.2 cm³/mol. The Morgan fingerprint density at radius 1 is 1.41 bits per heavy atom. The van der Waals surface area contributed by atoms with Gasteiger partial charge in [-0.15, -0.1) is 0 Å². The normalized spacial score (nSPS) is 17.6. The zero-order chi connectivity index (χ0) is 16.4. The first-order valence-corrected chi connectivity index (χ1v) is 6.27. The Morgan fingerprint density at radius 3 is 2.68 bits per heavy atom. The molecule has 2 amide bonds. The highest BCUT2D eigenvalue weighted by Gasteiger charge is 2.26. The topological polar surface area (TPSA) is 166 Å². The highest BCUT2D eigenvalue weighted by molar-refractivity contribution is 6.41. The fourth-order valence-electron chi connectivity index (χ4n) is 1.83. The minimum absolute atomic E-state index is 0.0757. The first kappa shape index (κ1) is 15.4. The Labute approximate surface area is 126 Å². The minimum atomic E-state index is -0.802. The molecule has 0 bridgehead atoms. The summed E-state index contributed by atoms with van der Waals surface area (Å²) < 4.78 is 0. The Balaban J connectivity index is 2.50. The number of hydrogen-bond donors (Lipinski definition) is 4. The number of carbonyl (C=O) groups excluding carboxylic acids is 2. The van der Waals surface area contributed by atoms with Gasteiger partial charge in [0, 0.05) is 20.3 Å². The number of primary amides is 1. The van der Waals surface area contributed by atoms with Gasteiger partial charge in [0.2, 0.25) is 0 Å². The molecule has 0 saturated carbocycles. The van der Waals surface area contributed by atoms with Crippen LogP contribution in [0, 0.1) is 0 Å². The molecular formula is C12H16N8O2. The molecule has 2 rings (SSSR count). The van der Waals surface area contributed by atoms with Gasteiger partial charge in [0.1, 0.15) is 23.3 Å². The summed E-state index contributed by atoms with van der Waals surface area (Å²) in [4.78, 5) is 36.8. The molecule has 0 spiro atoms. The maximum atomic E-state index is 11.8. The Hall–Kier alpha value is -3.01. The molecule has 1 atom stereocenters. The molecule has 0 aliphatic carbocycles. The number of aromatic nitrogens is 2. The number of nitrogens with zero attached hydrogens (tertiary/aromatic N) is 4. The summed E-state index contributed by atoms with van der Waals surface area (Å²) >= 11 is 0. The second-order valence-corrected chi connectivity index (χ2v) is 4.55. The lowest BCUT2D eigenvalue weighted by atomic mass is 10.2. The second-order valence-electron chi connectivity index (χ2n) is 4.55. The smallest absolute Gasteiger partial charge is 0.271 e. The van der Waals surface area contributed by atoms with Gasteiger partial charge in [-0.1, -0.05) is 0 Å². The molecule has 0 aromatic carbocycles. The molecule has 7 N–H and O–H groups in total. The summed E-state index contributed by atoms with van der Waals surface area (Å²) in [5.41, 5.74) is 17.2. The minimum Gasteiger partial charge on any atom is -0.382 e. The first-order valence-electron chi connectivity index (χ1n) is 6.27. The maximum absolute atomic E-state index is 11.8. The van der Waals surface area contributed by atoms with Crippen LogP contribution in [-0.4, -0.2) is 52.7 Å². The number of nitrogens with one attached hydrogen (secondary N) is 1. The van der Waals surface area contributed by atoms with Crippen LogP contribution in [-0.2, 0) is 4.79 Å². The van der Waals surface area contributed by atoms with Crippen LogP contribution in [0.25, 0.3) is 5.70 Å².